The predicted octanol–water partition coefficient (Wildman–Crippen LogP) is 6.56. The fourth-order valence-corrected chi connectivity index (χ4v) is 9.42. The van der Waals surface area contributed by atoms with Gasteiger partial charge in [-0.15, -0.1) is 0 Å². The summed E-state index contributed by atoms with van der Waals surface area (Å²) in [5.74, 6) is 0. The van der Waals surface area contributed by atoms with Crippen LogP contribution in [0, 0.1) is 0 Å². The lowest BCUT2D eigenvalue weighted by atomic mass is 10.1. The molecule has 0 saturated heterocycles. The van der Waals surface area contributed by atoms with Gasteiger partial charge >= 0.3 is 0 Å². The molecule has 150 valence electrons. The average molecular weight is 393 g/mol. The van der Waals surface area contributed by atoms with Crippen LogP contribution < -0.4 is 0 Å². The van der Waals surface area contributed by atoms with Crippen LogP contribution in [0.1, 0.15) is 52.7 Å². The summed E-state index contributed by atoms with van der Waals surface area (Å²) >= 11 is 0. The molecule has 0 amide bonds. The minimum atomic E-state index is -1.36. The number of nitrogens with zero attached hydrogens (tertiary/aromatic N) is 2. The van der Waals surface area contributed by atoms with Gasteiger partial charge in [0.1, 0.15) is 16.5 Å². The summed E-state index contributed by atoms with van der Waals surface area (Å²) in [4.78, 5) is 0. The number of hydrogen-bond acceptors (Lipinski definition) is 2. The second-order valence-corrected chi connectivity index (χ2v) is 21.4. The highest BCUT2D eigenvalue weighted by atomic mass is 28.3. The summed E-state index contributed by atoms with van der Waals surface area (Å²) < 4.78 is 5.44. The molecule has 1 aromatic carbocycles. The van der Waals surface area contributed by atoms with Gasteiger partial charge in [-0.05, 0) is 52.7 Å². The van der Waals surface area contributed by atoms with Gasteiger partial charge in [0.05, 0.1) is 0 Å². The lowest BCUT2D eigenvalue weighted by Crippen LogP contribution is -2.55. The second kappa shape index (κ2) is 7.90. The third kappa shape index (κ3) is 6.95. The molecule has 0 bridgehead atoms. The number of rotatable bonds is 6. The molecule has 2 nitrogen and oxygen atoms in total. The first-order chi connectivity index (χ1) is 11.4. The topological polar surface area (TPSA) is 6.48 Å². The Labute approximate surface area is 166 Å². The Morgan fingerprint density at radius 3 is 0.962 bits per heavy atom. The van der Waals surface area contributed by atoms with Crippen LogP contribution in [-0.2, 0) is 13.1 Å². The van der Waals surface area contributed by atoms with Crippen molar-refractivity contribution in [3.05, 3.63) is 35.4 Å². The zero-order valence-electron chi connectivity index (χ0n) is 19.6. The highest BCUT2D eigenvalue weighted by Crippen LogP contribution is 2.27. The maximum absolute atomic E-state index is 2.72. The van der Waals surface area contributed by atoms with Crippen LogP contribution in [0.5, 0.6) is 0 Å². The van der Waals surface area contributed by atoms with Gasteiger partial charge in [0.25, 0.3) is 0 Å². The smallest absolute Gasteiger partial charge is 0.120 e. The highest BCUT2D eigenvalue weighted by molar-refractivity contribution is 6.73. The van der Waals surface area contributed by atoms with Crippen molar-refractivity contribution in [3.63, 3.8) is 0 Å². The van der Waals surface area contributed by atoms with Crippen LogP contribution >= 0.6 is 0 Å². The van der Waals surface area contributed by atoms with Gasteiger partial charge < -0.3 is 9.13 Å². The van der Waals surface area contributed by atoms with Crippen molar-refractivity contribution < 1.29 is 0 Å². The largest absolute Gasteiger partial charge is 0.315 e. The summed E-state index contributed by atoms with van der Waals surface area (Å²) in [7, 11) is -2.73. The zero-order valence-corrected chi connectivity index (χ0v) is 21.6. The molecule has 0 spiro atoms. The summed E-state index contributed by atoms with van der Waals surface area (Å²) in [5, 5.41) is 0. The minimum Gasteiger partial charge on any atom is -0.315 e. The van der Waals surface area contributed by atoms with E-state index in [2.05, 4.69) is 114 Å². The lowest BCUT2D eigenvalue weighted by Gasteiger charge is -2.45. The van der Waals surface area contributed by atoms with E-state index in [1.54, 1.807) is 0 Å². The van der Waals surface area contributed by atoms with Crippen molar-refractivity contribution >= 4 is 16.5 Å². The molecule has 0 heterocycles. The fraction of sp³-hybridized carbons (Fsp3) is 0.727. The van der Waals surface area contributed by atoms with Crippen molar-refractivity contribution in [1.82, 2.24) is 9.13 Å². The molecular formula is C22H44N2Si2. The molecule has 0 aliphatic rings. The Morgan fingerprint density at radius 2 is 0.808 bits per heavy atom. The van der Waals surface area contributed by atoms with Crippen LogP contribution in [0.3, 0.4) is 0 Å². The van der Waals surface area contributed by atoms with Crippen molar-refractivity contribution in [2.75, 3.05) is 0 Å². The molecule has 0 saturated carbocycles. The third-order valence-corrected chi connectivity index (χ3v) is 9.84. The Hall–Kier alpha value is -0.426. The molecule has 0 fully saturated rings. The molecular weight excluding hydrogens is 348 g/mol. The maximum Gasteiger partial charge on any atom is 0.120 e. The normalized spacial score (nSPS) is 14.4. The van der Waals surface area contributed by atoms with Crippen molar-refractivity contribution in [2.45, 2.75) is 105 Å². The summed E-state index contributed by atoms with van der Waals surface area (Å²) in [6.45, 7) is 30.8. The van der Waals surface area contributed by atoms with E-state index in [0.717, 1.165) is 13.1 Å². The van der Waals surface area contributed by atoms with E-state index < -0.39 is 16.5 Å². The first-order valence-corrected chi connectivity index (χ1v) is 16.9. The van der Waals surface area contributed by atoms with Gasteiger partial charge in [0.2, 0.25) is 0 Å². The molecule has 1 aromatic rings. The van der Waals surface area contributed by atoms with Crippen molar-refractivity contribution in [2.24, 2.45) is 0 Å². The molecule has 0 aliphatic heterocycles. The Bertz CT molecular complexity index is 486. The first-order valence-electron chi connectivity index (χ1n) is 10.1. The molecule has 0 N–H and O–H groups in total. The van der Waals surface area contributed by atoms with Gasteiger partial charge in [-0.25, -0.2) is 0 Å². The first kappa shape index (κ1) is 23.6. The maximum atomic E-state index is 2.72. The zero-order chi connectivity index (χ0) is 20.6. The van der Waals surface area contributed by atoms with Crippen molar-refractivity contribution in [3.8, 4) is 0 Å². The van der Waals surface area contributed by atoms with E-state index in [-0.39, 0.29) is 11.1 Å². The molecule has 0 aromatic heterocycles. The molecule has 26 heavy (non-hydrogen) atoms. The second-order valence-electron chi connectivity index (χ2n) is 11.7. The lowest BCUT2D eigenvalue weighted by molar-refractivity contribution is 0.231. The van der Waals surface area contributed by atoms with Gasteiger partial charge in [-0.1, -0.05) is 63.5 Å². The van der Waals surface area contributed by atoms with E-state index >= 15 is 0 Å². The van der Waals surface area contributed by atoms with E-state index in [0.29, 0.717) is 0 Å². The van der Waals surface area contributed by atoms with E-state index in [4.69, 9.17) is 0 Å². The van der Waals surface area contributed by atoms with E-state index in [1.165, 1.54) is 11.1 Å². The third-order valence-electron chi connectivity index (χ3n) is 4.94. The predicted molar refractivity (Wildman–Crippen MR) is 124 cm³/mol. The van der Waals surface area contributed by atoms with Gasteiger partial charge in [0, 0.05) is 24.2 Å². The standard InChI is InChI=1S/C22H44N2Si2/c1-21(2,3)23(25(7,8)9)17-19-13-15-20(16-14-19)18-24(22(4,5)6)26(10,11)12/h13-16H,17-18H2,1-12H3. The molecule has 4 heteroatoms. The van der Waals surface area contributed by atoms with Crippen LogP contribution in [0.15, 0.2) is 24.3 Å². The minimum absolute atomic E-state index is 0.212. The number of benzene rings is 1. The average Bonchev–Trinajstić information content (AvgIpc) is 2.38. The molecule has 0 radical (unpaired) electrons. The SMILES string of the molecule is CC(C)(C)N(Cc1ccc(CN(C(C)(C)C)[Si](C)(C)C)cc1)[Si](C)(C)C. The molecule has 1 rings (SSSR count). The number of hydrogen-bond donors (Lipinski definition) is 0. The van der Waals surface area contributed by atoms with Crippen LogP contribution in [0.2, 0.25) is 39.3 Å². The van der Waals surface area contributed by atoms with Gasteiger partial charge in [0.15, 0.2) is 0 Å². The van der Waals surface area contributed by atoms with Crippen LogP contribution in [-0.4, -0.2) is 36.7 Å². The Morgan fingerprint density at radius 1 is 0.577 bits per heavy atom. The van der Waals surface area contributed by atoms with Gasteiger partial charge in [-0.3, -0.25) is 0 Å². The molecule has 0 unspecified atom stereocenters. The van der Waals surface area contributed by atoms with Crippen LogP contribution in [0.4, 0.5) is 0 Å². The summed E-state index contributed by atoms with van der Waals surface area (Å²) in [5.41, 5.74) is 3.29. The van der Waals surface area contributed by atoms with Crippen molar-refractivity contribution in [1.29, 1.82) is 0 Å². The van der Waals surface area contributed by atoms with Crippen LogP contribution in [0.25, 0.3) is 0 Å². The summed E-state index contributed by atoms with van der Waals surface area (Å²) in [6, 6.07) is 9.39. The monoisotopic (exact) mass is 392 g/mol. The highest BCUT2D eigenvalue weighted by Gasteiger charge is 2.34. The summed E-state index contributed by atoms with van der Waals surface area (Å²) in [6.07, 6.45) is 0. The van der Waals surface area contributed by atoms with E-state index in [9.17, 15) is 0 Å². The Kier molecular flexibility index (Phi) is 7.18. The fourth-order valence-electron chi connectivity index (χ4n) is 4.08. The van der Waals surface area contributed by atoms with E-state index in [1.807, 2.05) is 0 Å². The molecule has 0 aliphatic carbocycles. The quantitative estimate of drug-likeness (QED) is 0.506. The Balaban J connectivity index is 2.98. The van der Waals surface area contributed by atoms with Gasteiger partial charge in [-0.2, -0.15) is 0 Å². The molecule has 0 atom stereocenters.